The van der Waals surface area contributed by atoms with Crippen LogP contribution in [-0.2, 0) is 17.9 Å². The normalized spacial score (nSPS) is 20.5. The average Bonchev–Trinajstić information content (AvgIpc) is 3.75. The second-order valence-electron chi connectivity index (χ2n) is 13.7. The third kappa shape index (κ3) is 5.69. The molecule has 1 atom stereocenters. The molecule has 2 saturated carbocycles. The third-order valence-electron chi connectivity index (χ3n) is 10.5. The van der Waals surface area contributed by atoms with Crippen molar-refractivity contribution < 1.29 is 27.8 Å². The SMILES string of the molecule is COc1ccc(CN2CCOc3c(-c4cn([C@H]5C[C@H](OCc6ccccc6)C5)c5ncccc45)nc4c(C(=O)NC5CCC5(F)F)cnn4c32)cc1. The van der Waals surface area contributed by atoms with E-state index in [2.05, 4.69) is 38.2 Å². The van der Waals surface area contributed by atoms with E-state index in [0.29, 0.717) is 43.6 Å². The molecule has 5 heterocycles. The van der Waals surface area contributed by atoms with Crippen LogP contribution in [0.1, 0.15) is 53.2 Å². The van der Waals surface area contributed by atoms with Gasteiger partial charge in [0.1, 0.15) is 29.3 Å². The topological polar surface area (TPSA) is 108 Å². The number of nitrogens with zero attached hydrogens (tertiary/aromatic N) is 6. The second-order valence-corrected chi connectivity index (χ2v) is 13.7. The molecular formula is C39H37F2N7O4. The van der Waals surface area contributed by atoms with Gasteiger partial charge in [0, 0.05) is 42.4 Å². The molecule has 0 spiro atoms. The number of hydrogen-bond donors (Lipinski definition) is 1. The van der Waals surface area contributed by atoms with Crippen molar-refractivity contribution in [2.24, 2.45) is 0 Å². The van der Waals surface area contributed by atoms with Crippen LogP contribution in [0.15, 0.2) is 85.3 Å². The first-order chi connectivity index (χ1) is 25.4. The van der Waals surface area contributed by atoms with Crippen LogP contribution in [0.25, 0.3) is 27.9 Å². The first-order valence-electron chi connectivity index (χ1n) is 17.6. The van der Waals surface area contributed by atoms with Crippen LogP contribution in [0.4, 0.5) is 14.6 Å². The number of halogens is 2. The average molecular weight is 706 g/mol. The van der Waals surface area contributed by atoms with Gasteiger partial charge in [-0.15, -0.1) is 0 Å². The lowest BCUT2D eigenvalue weighted by Crippen LogP contribution is -2.55. The zero-order valence-corrected chi connectivity index (χ0v) is 28.5. The maximum Gasteiger partial charge on any atom is 0.267 e. The number of ether oxygens (including phenoxy) is 3. The van der Waals surface area contributed by atoms with Crippen molar-refractivity contribution in [1.82, 2.24) is 29.5 Å². The minimum absolute atomic E-state index is 0.112. The zero-order chi connectivity index (χ0) is 35.4. The summed E-state index contributed by atoms with van der Waals surface area (Å²) in [4.78, 5) is 25.6. The number of rotatable bonds is 10. The molecule has 13 heteroatoms. The summed E-state index contributed by atoms with van der Waals surface area (Å²) < 4.78 is 50.2. The van der Waals surface area contributed by atoms with Gasteiger partial charge in [-0.1, -0.05) is 42.5 Å². The maximum absolute atomic E-state index is 14.2. The van der Waals surface area contributed by atoms with Crippen molar-refractivity contribution in [3.63, 3.8) is 0 Å². The highest BCUT2D eigenvalue weighted by molar-refractivity contribution is 6.02. The molecule has 0 saturated heterocycles. The fourth-order valence-corrected chi connectivity index (χ4v) is 7.35. The Balaban J connectivity index is 1.11. The summed E-state index contributed by atoms with van der Waals surface area (Å²) in [5, 5.41) is 8.00. The lowest BCUT2D eigenvalue weighted by atomic mass is 9.88. The number of benzene rings is 2. The van der Waals surface area contributed by atoms with Crippen LogP contribution < -0.4 is 19.7 Å². The fourth-order valence-electron chi connectivity index (χ4n) is 7.35. The molecule has 4 aromatic heterocycles. The van der Waals surface area contributed by atoms with Crippen LogP contribution in [0.5, 0.6) is 11.5 Å². The van der Waals surface area contributed by atoms with Gasteiger partial charge in [0.2, 0.25) is 0 Å². The maximum atomic E-state index is 14.2. The van der Waals surface area contributed by atoms with Gasteiger partial charge in [0.15, 0.2) is 17.2 Å². The van der Waals surface area contributed by atoms with E-state index in [-0.39, 0.29) is 36.2 Å². The van der Waals surface area contributed by atoms with E-state index in [1.807, 2.05) is 54.6 Å². The number of anilines is 1. The molecule has 0 radical (unpaired) electrons. The predicted octanol–water partition coefficient (Wildman–Crippen LogP) is 6.60. The number of nitrogens with one attached hydrogen (secondary N) is 1. The Labute approximate surface area is 298 Å². The minimum atomic E-state index is -2.94. The van der Waals surface area contributed by atoms with E-state index >= 15 is 0 Å². The van der Waals surface area contributed by atoms with Crippen LogP contribution >= 0.6 is 0 Å². The quantitative estimate of drug-likeness (QED) is 0.170. The van der Waals surface area contributed by atoms with Crippen molar-refractivity contribution in [3.8, 4) is 22.8 Å². The van der Waals surface area contributed by atoms with Gasteiger partial charge in [-0.3, -0.25) is 4.79 Å². The summed E-state index contributed by atoms with van der Waals surface area (Å²) in [6, 6.07) is 20.8. The number of fused-ring (bicyclic) bond motifs is 4. The first-order valence-corrected chi connectivity index (χ1v) is 17.6. The van der Waals surface area contributed by atoms with Gasteiger partial charge in [-0.2, -0.15) is 9.61 Å². The largest absolute Gasteiger partial charge is 0.497 e. The molecule has 1 unspecified atom stereocenters. The van der Waals surface area contributed by atoms with Crippen LogP contribution in [-0.4, -0.2) is 68.4 Å². The van der Waals surface area contributed by atoms with Crippen molar-refractivity contribution in [3.05, 3.63) is 102 Å². The van der Waals surface area contributed by atoms with Crippen LogP contribution in [0.2, 0.25) is 0 Å². The van der Waals surface area contributed by atoms with E-state index in [0.717, 1.165) is 46.3 Å². The minimum Gasteiger partial charge on any atom is -0.497 e. The Morgan fingerprint density at radius 1 is 1.04 bits per heavy atom. The summed E-state index contributed by atoms with van der Waals surface area (Å²) in [5.41, 5.74) is 4.67. The zero-order valence-electron chi connectivity index (χ0n) is 28.5. The molecule has 11 nitrogen and oxygen atoms in total. The molecule has 6 aromatic rings. The van der Waals surface area contributed by atoms with Crippen molar-refractivity contribution in [1.29, 1.82) is 0 Å². The van der Waals surface area contributed by atoms with E-state index < -0.39 is 17.9 Å². The number of hydrogen-bond acceptors (Lipinski definition) is 8. The number of carbonyl (C=O) groups excluding carboxylic acids is 1. The summed E-state index contributed by atoms with van der Waals surface area (Å²) in [7, 11) is 1.63. The number of pyridine rings is 1. The summed E-state index contributed by atoms with van der Waals surface area (Å²) in [6.07, 6.45) is 6.99. The van der Waals surface area contributed by atoms with Gasteiger partial charge < -0.3 is 29.0 Å². The van der Waals surface area contributed by atoms with Crippen molar-refractivity contribution in [2.45, 2.75) is 62.9 Å². The highest BCUT2D eigenvalue weighted by Gasteiger charge is 2.49. The first kappa shape index (κ1) is 32.4. The number of methoxy groups -OCH3 is 1. The Kier molecular flexibility index (Phi) is 8.02. The van der Waals surface area contributed by atoms with Crippen LogP contribution in [0, 0.1) is 0 Å². The van der Waals surface area contributed by atoms with Crippen LogP contribution in [0.3, 0.4) is 0 Å². The number of alkyl halides is 2. The van der Waals surface area contributed by atoms with E-state index in [4.69, 9.17) is 24.2 Å². The fraction of sp³-hybridized carbons (Fsp3) is 0.333. The smallest absolute Gasteiger partial charge is 0.267 e. The summed E-state index contributed by atoms with van der Waals surface area (Å²) >= 11 is 0. The molecule has 2 fully saturated rings. The number of amides is 1. The Hall–Kier alpha value is -5.56. The van der Waals surface area contributed by atoms with Gasteiger partial charge in [-0.05, 0) is 54.7 Å². The molecule has 3 aliphatic rings. The standard InChI is InChI=1S/C39H37F2N7O4/c1-50-27-11-9-24(10-12-27)21-46-16-17-51-34-33(45-36-30(20-43-48(36)38(34)46)37(49)44-32-13-14-39(32,40)41)31-22-47(35-29(31)8-5-15-42-35)26-18-28(19-26)52-23-25-6-3-2-4-7-25/h2-12,15,20,22,26,28,32H,13-14,16-19,21,23H2,1H3,(H,44,49)/t26-,28-,32?. The lowest BCUT2D eigenvalue weighted by Gasteiger charge is -2.36. The molecule has 2 aromatic carbocycles. The molecule has 266 valence electrons. The molecule has 52 heavy (non-hydrogen) atoms. The Morgan fingerprint density at radius 2 is 1.87 bits per heavy atom. The highest BCUT2D eigenvalue weighted by atomic mass is 19.3. The van der Waals surface area contributed by atoms with Gasteiger partial charge >= 0.3 is 0 Å². The number of aromatic nitrogens is 5. The third-order valence-corrected chi connectivity index (χ3v) is 10.5. The molecule has 1 aliphatic heterocycles. The predicted molar refractivity (Wildman–Crippen MR) is 190 cm³/mol. The van der Waals surface area contributed by atoms with E-state index in [9.17, 15) is 13.6 Å². The van der Waals surface area contributed by atoms with Crippen molar-refractivity contribution in [2.75, 3.05) is 25.2 Å². The Bertz CT molecular complexity index is 2270. The molecule has 1 N–H and O–H groups in total. The summed E-state index contributed by atoms with van der Waals surface area (Å²) in [6.45, 7) is 2.02. The molecule has 1 amide bonds. The Morgan fingerprint density at radius 3 is 2.62 bits per heavy atom. The lowest BCUT2D eigenvalue weighted by molar-refractivity contribution is -0.102. The van der Waals surface area contributed by atoms with E-state index in [1.165, 1.54) is 6.20 Å². The molecular weight excluding hydrogens is 668 g/mol. The highest BCUT2D eigenvalue weighted by Crippen LogP contribution is 2.46. The summed E-state index contributed by atoms with van der Waals surface area (Å²) in [5.74, 6) is -1.69. The van der Waals surface area contributed by atoms with Gasteiger partial charge in [0.25, 0.3) is 11.8 Å². The van der Waals surface area contributed by atoms with E-state index in [1.54, 1.807) is 17.8 Å². The molecule has 2 aliphatic carbocycles. The molecule has 0 bridgehead atoms. The monoisotopic (exact) mass is 705 g/mol. The van der Waals surface area contributed by atoms with Crippen molar-refractivity contribution >= 4 is 28.4 Å². The van der Waals surface area contributed by atoms with Gasteiger partial charge in [0.05, 0.1) is 38.6 Å². The second kappa shape index (κ2) is 12.9. The number of carbonyl (C=O) groups is 1. The molecule has 9 rings (SSSR count). The van der Waals surface area contributed by atoms with Gasteiger partial charge in [-0.25, -0.2) is 18.7 Å².